The van der Waals surface area contributed by atoms with Crippen LogP contribution in [-0.4, -0.2) is 11.7 Å². The number of fused-ring (bicyclic) bond motifs is 3. The third-order valence-corrected chi connectivity index (χ3v) is 11.7. The molecule has 0 saturated heterocycles. The van der Waals surface area contributed by atoms with Gasteiger partial charge < -0.3 is 14.8 Å². The van der Waals surface area contributed by atoms with Crippen LogP contribution < -0.4 is 9.80 Å². The van der Waals surface area contributed by atoms with Gasteiger partial charge in [-0.3, -0.25) is 0 Å². The van der Waals surface area contributed by atoms with E-state index >= 15 is 0 Å². The number of hydrogen-bond acceptors (Lipinski definition) is 2. The van der Waals surface area contributed by atoms with Crippen molar-refractivity contribution in [3.05, 3.63) is 243 Å². The molecule has 9 rings (SSSR count). The number of aromatic nitrogens is 1. The van der Waals surface area contributed by atoms with Gasteiger partial charge in [-0.15, -0.1) is 5.98 Å². The van der Waals surface area contributed by atoms with Crippen molar-refractivity contribution >= 4 is 73.9 Å². The largest absolute Gasteiger partial charge is 0.366 e. The van der Waals surface area contributed by atoms with E-state index in [-0.39, 0.29) is 6.71 Å². The average molecular weight is 798 g/mol. The molecule has 0 aliphatic carbocycles. The average Bonchev–Trinajstić information content (AvgIpc) is 3.75. The minimum Gasteiger partial charge on any atom is -0.366 e. The second-order valence-corrected chi connectivity index (χ2v) is 15.6. The first-order chi connectivity index (χ1) is 30.5. The summed E-state index contributed by atoms with van der Waals surface area (Å²) in [7, 11) is 0. The lowest BCUT2D eigenvalue weighted by molar-refractivity contribution is 1.22. The first kappa shape index (κ1) is 39.6. The standard InChI is InChI=1S/C58H48BN3/c1-6-17-43-35-45(26-24-41(43)8-3)57-53-30-28-49(61(47(9-4)18-7-2)52-32-34-60-40-52)37-55(53)58(46-27-25-42-19-13-14-20-44(42)36-46)54-31-29-50(38-56(54)57)62(48-21-11-10-12-22-48)51-23-15-16-33-59(5)39-51/h6-40,60H,2-4H2,1,5H3/b17-6-,47-18+. The van der Waals surface area contributed by atoms with Gasteiger partial charge in [-0.1, -0.05) is 148 Å². The van der Waals surface area contributed by atoms with Gasteiger partial charge in [-0.05, 0) is 145 Å². The van der Waals surface area contributed by atoms with Crippen molar-refractivity contribution in [1.82, 2.24) is 4.98 Å². The van der Waals surface area contributed by atoms with Gasteiger partial charge in [0.1, 0.15) is 0 Å². The van der Waals surface area contributed by atoms with E-state index < -0.39 is 0 Å². The molecule has 0 atom stereocenters. The number of benzene rings is 7. The smallest absolute Gasteiger partial charge is 0.191 e. The molecule has 2 heterocycles. The Morgan fingerprint density at radius 1 is 0.629 bits per heavy atom. The van der Waals surface area contributed by atoms with E-state index in [0.717, 1.165) is 77.9 Å². The van der Waals surface area contributed by atoms with Gasteiger partial charge >= 0.3 is 0 Å². The number of H-pyrrole nitrogens is 1. The van der Waals surface area contributed by atoms with Crippen LogP contribution in [0.25, 0.3) is 66.7 Å². The van der Waals surface area contributed by atoms with Gasteiger partial charge in [-0.2, -0.15) is 0 Å². The summed E-state index contributed by atoms with van der Waals surface area (Å²) in [5.41, 5.74) is 13.1. The molecule has 0 spiro atoms. The molecular weight excluding hydrogens is 749 g/mol. The van der Waals surface area contributed by atoms with E-state index in [1.165, 1.54) is 21.9 Å². The number of allylic oxidation sites excluding steroid dienone is 7. The minimum absolute atomic E-state index is 0.266. The van der Waals surface area contributed by atoms with Crippen molar-refractivity contribution < 1.29 is 0 Å². The summed E-state index contributed by atoms with van der Waals surface area (Å²) in [5, 5.41) is 7.02. The molecule has 0 bridgehead atoms. The number of nitrogens with zero attached hydrogens (tertiary/aromatic N) is 2. The fourth-order valence-corrected chi connectivity index (χ4v) is 8.89. The predicted molar refractivity (Wildman–Crippen MR) is 273 cm³/mol. The zero-order chi connectivity index (χ0) is 42.6. The van der Waals surface area contributed by atoms with Crippen molar-refractivity contribution in [2.45, 2.75) is 13.7 Å². The Kier molecular flexibility index (Phi) is 11.1. The van der Waals surface area contributed by atoms with Gasteiger partial charge in [0.15, 0.2) is 6.71 Å². The summed E-state index contributed by atoms with van der Waals surface area (Å²) in [4.78, 5) is 7.88. The molecule has 62 heavy (non-hydrogen) atoms. The molecule has 1 aliphatic rings. The van der Waals surface area contributed by atoms with Crippen LogP contribution in [0.15, 0.2) is 231 Å². The molecule has 1 aromatic heterocycles. The fraction of sp³-hybridized carbons (Fsp3) is 0.0345. The molecule has 7 aromatic carbocycles. The van der Waals surface area contributed by atoms with Crippen LogP contribution in [0, 0.1) is 0 Å². The lowest BCUT2D eigenvalue weighted by Crippen LogP contribution is -2.17. The van der Waals surface area contributed by atoms with E-state index in [1.54, 1.807) is 0 Å². The molecule has 0 radical (unpaired) electrons. The number of nitrogens with one attached hydrogen (secondary N) is 1. The maximum absolute atomic E-state index is 4.22. The second-order valence-electron chi connectivity index (χ2n) is 15.6. The van der Waals surface area contributed by atoms with Crippen molar-refractivity contribution in [3.63, 3.8) is 0 Å². The highest BCUT2D eigenvalue weighted by molar-refractivity contribution is 6.68. The van der Waals surface area contributed by atoms with Gasteiger partial charge in [0.05, 0.1) is 5.69 Å². The summed E-state index contributed by atoms with van der Waals surface area (Å²) in [6, 6.07) is 48.9. The molecule has 0 amide bonds. The van der Waals surface area contributed by atoms with Crippen LogP contribution in [0.1, 0.15) is 18.1 Å². The number of para-hydroxylation sites is 1. The van der Waals surface area contributed by atoms with Gasteiger partial charge in [0, 0.05) is 40.8 Å². The topological polar surface area (TPSA) is 22.3 Å². The van der Waals surface area contributed by atoms with E-state index in [2.05, 4.69) is 224 Å². The summed E-state index contributed by atoms with van der Waals surface area (Å²) in [6.45, 7) is 17.0. The summed E-state index contributed by atoms with van der Waals surface area (Å²) < 4.78 is 0. The minimum atomic E-state index is 0.266. The lowest BCUT2D eigenvalue weighted by Gasteiger charge is -2.29. The first-order valence-electron chi connectivity index (χ1n) is 21.2. The SMILES string of the molecule is C=C/C=C(\C=C)N(c1cc[nH]c1)c1ccc2c(-c3ccc(C=C)c(/C=C\C)c3)c3cc(N(C4=CB(C)C=CC=C4)c4ccccc4)ccc3c(-c3ccc4ccccc4c3)c2c1. The molecule has 298 valence electrons. The van der Waals surface area contributed by atoms with Crippen molar-refractivity contribution in [1.29, 1.82) is 0 Å². The summed E-state index contributed by atoms with van der Waals surface area (Å²) in [5.74, 6) is 4.57. The second kappa shape index (κ2) is 17.4. The maximum Gasteiger partial charge on any atom is 0.191 e. The zero-order valence-corrected chi connectivity index (χ0v) is 35.3. The number of anilines is 4. The van der Waals surface area contributed by atoms with Crippen molar-refractivity contribution in [2.75, 3.05) is 9.80 Å². The normalized spacial score (nSPS) is 12.8. The Morgan fingerprint density at radius 2 is 1.34 bits per heavy atom. The van der Waals surface area contributed by atoms with Crippen LogP contribution in [0.4, 0.5) is 22.7 Å². The molecule has 0 fully saturated rings. The summed E-state index contributed by atoms with van der Waals surface area (Å²) >= 11 is 0. The highest BCUT2D eigenvalue weighted by atomic mass is 15.2. The van der Waals surface area contributed by atoms with E-state index in [9.17, 15) is 0 Å². The molecule has 0 saturated carbocycles. The molecule has 1 N–H and O–H groups in total. The highest BCUT2D eigenvalue weighted by Crippen LogP contribution is 2.48. The maximum atomic E-state index is 4.22. The fourth-order valence-electron chi connectivity index (χ4n) is 8.89. The Hall–Kier alpha value is -7.82. The third kappa shape index (κ3) is 7.48. The Labute approximate surface area is 365 Å². The summed E-state index contributed by atoms with van der Waals surface area (Å²) in [6.07, 6.45) is 22.4. The van der Waals surface area contributed by atoms with Gasteiger partial charge in [-0.25, -0.2) is 0 Å². The van der Waals surface area contributed by atoms with Crippen LogP contribution in [0.3, 0.4) is 0 Å². The van der Waals surface area contributed by atoms with Crippen molar-refractivity contribution in [2.24, 2.45) is 0 Å². The Bertz CT molecular complexity index is 3160. The van der Waals surface area contributed by atoms with E-state index in [1.807, 2.05) is 36.7 Å². The lowest BCUT2D eigenvalue weighted by atomic mass is 9.52. The Balaban J connectivity index is 1.43. The van der Waals surface area contributed by atoms with Gasteiger partial charge in [0.2, 0.25) is 0 Å². The van der Waals surface area contributed by atoms with Gasteiger partial charge in [0.25, 0.3) is 0 Å². The van der Waals surface area contributed by atoms with E-state index in [4.69, 9.17) is 0 Å². The highest BCUT2D eigenvalue weighted by Gasteiger charge is 2.23. The Morgan fingerprint density at radius 3 is 2.05 bits per heavy atom. The quantitative estimate of drug-likeness (QED) is 0.0756. The first-order valence-corrected chi connectivity index (χ1v) is 21.2. The molecule has 0 unspecified atom stereocenters. The molecular formula is C58H48BN3. The van der Waals surface area contributed by atoms with Crippen LogP contribution in [0.2, 0.25) is 6.82 Å². The number of rotatable bonds is 12. The van der Waals surface area contributed by atoms with Crippen LogP contribution in [0.5, 0.6) is 0 Å². The zero-order valence-electron chi connectivity index (χ0n) is 35.3. The third-order valence-electron chi connectivity index (χ3n) is 11.7. The monoisotopic (exact) mass is 797 g/mol. The van der Waals surface area contributed by atoms with Crippen LogP contribution in [-0.2, 0) is 0 Å². The molecule has 1 aliphatic heterocycles. The van der Waals surface area contributed by atoms with E-state index in [0.29, 0.717) is 0 Å². The van der Waals surface area contributed by atoms with Crippen molar-refractivity contribution in [3.8, 4) is 22.3 Å². The molecule has 4 heteroatoms. The molecule has 8 aromatic rings. The molecule has 3 nitrogen and oxygen atoms in total. The predicted octanol–water partition coefficient (Wildman–Crippen LogP) is 16.2. The van der Waals surface area contributed by atoms with Crippen LogP contribution >= 0.6 is 0 Å². The number of aromatic amines is 1. The number of hydrogen-bond donors (Lipinski definition) is 1.